The van der Waals surface area contributed by atoms with E-state index in [1.807, 2.05) is 0 Å². The van der Waals surface area contributed by atoms with E-state index in [9.17, 15) is 4.79 Å². The minimum atomic E-state index is -0.981. The summed E-state index contributed by atoms with van der Waals surface area (Å²) in [6.45, 7) is 2.96. The number of hydrogen-bond acceptors (Lipinski definition) is 8. The van der Waals surface area contributed by atoms with Gasteiger partial charge in [0.1, 0.15) is 0 Å². The van der Waals surface area contributed by atoms with Crippen molar-refractivity contribution in [3.8, 4) is 0 Å². The van der Waals surface area contributed by atoms with Crippen LogP contribution in [0.4, 0.5) is 0 Å². The first kappa shape index (κ1) is 23.3. The number of carboxylic acid groups (broad SMARTS) is 1. The number of hydrazone groups is 2. The molecule has 92 valence electrons. The average molecular weight is 233 g/mol. The van der Waals surface area contributed by atoms with Crippen molar-refractivity contribution in [3.05, 3.63) is 12.7 Å². The molecule has 0 bridgehead atoms. The highest BCUT2D eigenvalue weighted by Crippen LogP contribution is 1.54. The summed E-state index contributed by atoms with van der Waals surface area (Å²) >= 11 is 0. The van der Waals surface area contributed by atoms with E-state index in [2.05, 4.69) is 38.7 Å². The molecule has 0 aliphatic carbocycles. The van der Waals surface area contributed by atoms with E-state index in [1.165, 1.54) is 0 Å². The Morgan fingerprint density at radius 3 is 1.44 bits per heavy atom. The molecule has 10 N–H and O–H groups in total. The number of nitrogens with zero attached hydrogens (tertiary/aromatic N) is 4. The maximum Gasteiger partial charge on any atom is 0.327 e. The lowest BCUT2D eigenvalue weighted by Gasteiger charge is -1.64. The zero-order valence-electron chi connectivity index (χ0n) is 8.45. The molecule has 11 nitrogen and oxygen atoms in total. The van der Waals surface area contributed by atoms with Crippen molar-refractivity contribution < 1.29 is 9.90 Å². The van der Waals surface area contributed by atoms with E-state index in [0.717, 1.165) is 18.8 Å². The van der Waals surface area contributed by atoms with Crippen LogP contribution >= 0.6 is 0 Å². The molecule has 0 atom stereocenters. The van der Waals surface area contributed by atoms with Crippen LogP contribution in [0.15, 0.2) is 33.1 Å². The van der Waals surface area contributed by atoms with Gasteiger partial charge in [0.25, 0.3) is 0 Å². The number of hydrogen-bond donors (Lipinski definition) is 6. The molecule has 0 aliphatic rings. The fourth-order valence-electron chi connectivity index (χ4n) is 0.0667. The van der Waals surface area contributed by atoms with Crippen molar-refractivity contribution in [1.29, 1.82) is 11.1 Å². The molecule has 16 heavy (non-hydrogen) atoms. The first-order chi connectivity index (χ1) is 7.10. The van der Waals surface area contributed by atoms with Crippen LogP contribution in [0, 0.1) is 11.1 Å². The van der Waals surface area contributed by atoms with E-state index in [4.69, 9.17) is 16.2 Å². The Bertz CT molecular complexity index is 220. The number of nitrogens with one attached hydrogen (secondary N) is 2. The van der Waals surface area contributed by atoms with Crippen LogP contribution in [-0.4, -0.2) is 23.8 Å². The number of carbonyl (C=O) groups is 1. The zero-order chi connectivity index (χ0) is 12.5. The third-order valence-corrected chi connectivity index (χ3v) is 0.423. The van der Waals surface area contributed by atoms with Crippen LogP contribution in [0.1, 0.15) is 0 Å². The van der Waals surface area contributed by atoms with E-state index in [1.54, 1.807) is 0 Å². The molecule has 0 amide bonds. The normalized spacial score (nSPS) is 7.50. The van der Waals surface area contributed by atoms with Crippen LogP contribution < -0.4 is 17.8 Å². The summed E-state index contributed by atoms with van der Waals surface area (Å²) in [6, 6.07) is 0. The Kier molecular flexibility index (Phi) is 42.9. The van der Waals surface area contributed by atoms with Gasteiger partial charge >= 0.3 is 5.97 Å². The molecule has 0 saturated carbocycles. The van der Waals surface area contributed by atoms with Crippen molar-refractivity contribution in [2.75, 3.05) is 0 Å². The van der Waals surface area contributed by atoms with Crippen molar-refractivity contribution >= 4 is 18.6 Å². The van der Waals surface area contributed by atoms with E-state index < -0.39 is 5.97 Å². The van der Waals surface area contributed by atoms with Crippen molar-refractivity contribution in [3.63, 3.8) is 0 Å². The summed E-state index contributed by atoms with van der Waals surface area (Å²) < 4.78 is 0. The van der Waals surface area contributed by atoms with Crippen molar-refractivity contribution in [2.24, 2.45) is 32.1 Å². The summed E-state index contributed by atoms with van der Waals surface area (Å²) in [5.41, 5.74) is 12.0. The van der Waals surface area contributed by atoms with Gasteiger partial charge in [-0.25, -0.2) is 15.9 Å². The van der Waals surface area contributed by atoms with Gasteiger partial charge in [0.2, 0.25) is 0 Å². The SMILES string of the molecule is C=CC(=O)O.N.N=NC=NN.N=NC=NN. The zero-order valence-corrected chi connectivity index (χ0v) is 8.45. The molecule has 11 heteroatoms. The highest BCUT2D eigenvalue weighted by atomic mass is 16.4. The second-order valence-electron chi connectivity index (χ2n) is 1.33. The highest BCUT2D eigenvalue weighted by Gasteiger charge is 1.73. The fourth-order valence-corrected chi connectivity index (χ4v) is 0.0667. The number of rotatable bonds is 3. The Morgan fingerprint density at radius 2 is 1.44 bits per heavy atom. The predicted molar refractivity (Wildman–Crippen MR) is 58.5 cm³/mol. The smallest absolute Gasteiger partial charge is 0.327 e. The van der Waals surface area contributed by atoms with Gasteiger partial charge in [-0.15, -0.1) is 10.2 Å². The summed E-state index contributed by atoms with van der Waals surface area (Å²) in [5.74, 6) is 8.01. The Labute approximate surface area is 91.5 Å². The van der Waals surface area contributed by atoms with Crippen LogP contribution in [-0.2, 0) is 4.79 Å². The molecule has 0 rings (SSSR count). The van der Waals surface area contributed by atoms with Gasteiger partial charge in [0.05, 0.1) is 0 Å². The monoisotopic (exact) mass is 233 g/mol. The molecule has 0 aromatic carbocycles. The van der Waals surface area contributed by atoms with E-state index >= 15 is 0 Å². The van der Waals surface area contributed by atoms with Gasteiger partial charge in [-0.2, -0.15) is 10.2 Å². The highest BCUT2D eigenvalue weighted by molar-refractivity contribution is 5.78. The molecule has 0 radical (unpaired) electrons. The van der Waals surface area contributed by atoms with Gasteiger partial charge in [-0.1, -0.05) is 6.58 Å². The lowest BCUT2D eigenvalue weighted by molar-refractivity contribution is -0.131. The molecule has 0 aromatic rings. The summed E-state index contributed by atoms with van der Waals surface area (Å²) in [4.78, 5) is 9.25. The minimum Gasteiger partial charge on any atom is -0.478 e. The summed E-state index contributed by atoms with van der Waals surface area (Å²) in [6.07, 6.45) is 2.72. The standard InChI is InChI=1S/C3H4O2.2CH4N4.H3N/c1-2-3(4)5;2*2-4-1-5-3;/h2H,1H2,(H,4,5);2*1-2H,3H2;1H3. The average Bonchev–Trinajstić information content (AvgIpc) is 2.22. The second-order valence-corrected chi connectivity index (χ2v) is 1.33. The molecular weight excluding hydrogens is 218 g/mol. The Morgan fingerprint density at radius 1 is 1.19 bits per heavy atom. The van der Waals surface area contributed by atoms with Crippen molar-refractivity contribution in [1.82, 2.24) is 6.15 Å². The Balaban J connectivity index is -0.0000000655. The fraction of sp³-hybridized carbons (Fsp3) is 0. The van der Waals surface area contributed by atoms with Crippen LogP contribution in [0.5, 0.6) is 0 Å². The third kappa shape index (κ3) is 110. The van der Waals surface area contributed by atoms with Crippen LogP contribution in [0.25, 0.3) is 0 Å². The van der Waals surface area contributed by atoms with Gasteiger partial charge in [-0.05, 0) is 0 Å². The van der Waals surface area contributed by atoms with Gasteiger partial charge < -0.3 is 22.9 Å². The van der Waals surface area contributed by atoms with E-state index in [-0.39, 0.29) is 6.15 Å². The number of aliphatic carboxylic acids is 1. The minimum absolute atomic E-state index is 0. The molecule has 0 saturated heterocycles. The number of carboxylic acids is 1. The van der Waals surface area contributed by atoms with Gasteiger partial charge in [0, 0.05) is 6.08 Å². The Hall–Kier alpha value is -2.69. The molecule has 0 aromatic heterocycles. The largest absolute Gasteiger partial charge is 0.478 e. The molecule has 0 aliphatic heterocycles. The van der Waals surface area contributed by atoms with Gasteiger partial charge in [0.15, 0.2) is 12.7 Å². The molecule has 0 fully saturated rings. The first-order valence-electron chi connectivity index (χ1n) is 3.12. The lowest BCUT2D eigenvalue weighted by atomic mass is 10.7. The van der Waals surface area contributed by atoms with Gasteiger partial charge in [-0.3, -0.25) is 0 Å². The van der Waals surface area contributed by atoms with Crippen LogP contribution in [0.2, 0.25) is 0 Å². The summed E-state index contributed by atoms with van der Waals surface area (Å²) in [7, 11) is 0. The maximum atomic E-state index is 9.25. The molecule has 0 unspecified atom stereocenters. The second kappa shape index (κ2) is 29.5. The maximum absolute atomic E-state index is 9.25. The lowest BCUT2D eigenvalue weighted by Crippen LogP contribution is -1.82. The summed E-state index contributed by atoms with van der Waals surface area (Å²) in [5, 5.41) is 18.7. The molecule has 0 heterocycles. The number of nitrogens with two attached hydrogens (primary N) is 2. The topological polar surface area (TPSA) is 221 Å². The van der Waals surface area contributed by atoms with Crippen molar-refractivity contribution in [2.45, 2.75) is 0 Å². The molecule has 0 spiro atoms. The predicted octanol–water partition coefficient (Wildman–Crippen LogP) is 0.258. The third-order valence-electron chi connectivity index (χ3n) is 0.423. The first-order valence-corrected chi connectivity index (χ1v) is 3.12. The molecular formula is C5H15N9O2. The van der Waals surface area contributed by atoms with Crippen LogP contribution in [0.3, 0.4) is 0 Å². The van der Waals surface area contributed by atoms with E-state index in [0.29, 0.717) is 0 Å². The quantitative estimate of drug-likeness (QED) is 0.100.